The van der Waals surface area contributed by atoms with Crippen LogP contribution >= 0.6 is 0 Å². The van der Waals surface area contributed by atoms with E-state index in [1.165, 1.54) is 0 Å². The van der Waals surface area contributed by atoms with Crippen molar-refractivity contribution in [3.8, 4) is 5.75 Å². The number of phenols is 1. The minimum Gasteiger partial charge on any atom is -0.507 e. The number of benzene rings is 4. The first-order chi connectivity index (χ1) is 12.2. The second-order valence-corrected chi connectivity index (χ2v) is 6.12. The zero-order valence-corrected chi connectivity index (χ0v) is 13.6. The first-order valence-corrected chi connectivity index (χ1v) is 8.26. The summed E-state index contributed by atoms with van der Waals surface area (Å²) in [6.45, 7) is 0. The highest BCUT2D eigenvalue weighted by molar-refractivity contribution is 5.92. The molecule has 2 nitrogen and oxygen atoms in total. The van der Waals surface area contributed by atoms with Crippen LogP contribution in [0.15, 0.2) is 97.1 Å². The Labute approximate surface area is 146 Å². The van der Waals surface area contributed by atoms with Gasteiger partial charge in [0, 0.05) is 10.9 Å². The molecule has 0 atom stereocenters. The Bertz CT molecular complexity index is 968. The van der Waals surface area contributed by atoms with Gasteiger partial charge in [-0.25, -0.2) is 0 Å². The monoisotopic (exact) mass is 326 g/mol. The highest BCUT2D eigenvalue weighted by atomic mass is 16.3. The van der Waals surface area contributed by atoms with Crippen LogP contribution in [0, 0.1) is 0 Å². The van der Waals surface area contributed by atoms with Crippen molar-refractivity contribution in [3.05, 3.63) is 114 Å². The maximum absolute atomic E-state index is 11.9. The molecule has 0 radical (unpaired) electrons. The average molecular weight is 326 g/mol. The minimum atomic E-state index is -1.31. The standard InChI is InChI=1S/C23H18O2/c24-22-16-15-21(19-13-7-8-14-20(19)22)23(25,17-9-3-1-4-10-17)18-11-5-2-6-12-18/h1-16,24-25H. The Morgan fingerprint density at radius 1 is 0.520 bits per heavy atom. The molecule has 0 saturated heterocycles. The molecule has 0 fully saturated rings. The molecule has 0 saturated carbocycles. The lowest BCUT2D eigenvalue weighted by atomic mass is 9.78. The van der Waals surface area contributed by atoms with E-state index < -0.39 is 5.60 Å². The fourth-order valence-corrected chi connectivity index (χ4v) is 3.44. The van der Waals surface area contributed by atoms with Crippen LogP contribution in [0.1, 0.15) is 16.7 Å². The van der Waals surface area contributed by atoms with E-state index in [-0.39, 0.29) is 5.75 Å². The van der Waals surface area contributed by atoms with Gasteiger partial charge in [0.1, 0.15) is 11.4 Å². The fraction of sp³-hybridized carbons (Fsp3) is 0.0435. The van der Waals surface area contributed by atoms with Gasteiger partial charge in [-0.1, -0.05) is 91.0 Å². The van der Waals surface area contributed by atoms with Gasteiger partial charge in [-0.2, -0.15) is 0 Å². The normalized spacial score (nSPS) is 11.6. The maximum atomic E-state index is 11.9. The van der Waals surface area contributed by atoms with E-state index in [1.54, 1.807) is 12.1 Å². The van der Waals surface area contributed by atoms with Crippen LogP contribution < -0.4 is 0 Å². The molecular weight excluding hydrogens is 308 g/mol. The van der Waals surface area contributed by atoms with Crippen molar-refractivity contribution >= 4 is 10.8 Å². The summed E-state index contributed by atoms with van der Waals surface area (Å²) in [5, 5.41) is 23.7. The summed E-state index contributed by atoms with van der Waals surface area (Å²) in [6.07, 6.45) is 0. The summed E-state index contributed by atoms with van der Waals surface area (Å²) in [4.78, 5) is 0. The molecule has 25 heavy (non-hydrogen) atoms. The molecule has 0 aromatic heterocycles. The van der Waals surface area contributed by atoms with Crippen LogP contribution in [0.25, 0.3) is 10.8 Å². The average Bonchev–Trinajstić information content (AvgIpc) is 2.69. The highest BCUT2D eigenvalue weighted by Gasteiger charge is 2.35. The molecule has 122 valence electrons. The summed E-state index contributed by atoms with van der Waals surface area (Å²) in [5.74, 6) is 0.211. The van der Waals surface area contributed by atoms with Gasteiger partial charge >= 0.3 is 0 Å². The molecule has 0 unspecified atom stereocenters. The van der Waals surface area contributed by atoms with E-state index in [1.807, 2.05) is 84.9 Å². The molecule has 2 heteroatoms. The van der Waals surface area contributed by atoms with E-state index >= 15 is 0 Å². The lowest BCUT2D eigenvalue weighted by Crippen LogP contribution is -2.29. The summed E-state index contributed by atoms with van der Waals surface area (Å²) in [5.41, 5.74) is 1.02. The zero-order chi connectivity index (χ0) is 17.3. The second-order valence-electron chi connectivity index (χ2n) is 6.12. The molecule has 2 N–H and O–H groups in total. The SMILES string of the molecule is Oc1ccc(C(O)(c2ccccc2)c2ccccc2)c2ccccc12. The van der Waals surface area contributed by atoms with Crippen LogP contribution in [-0.2, 0) is 5.60 Å². The van der Waals surface area contributed by atoms with Gasteiger partial charge in [-0.3, -0.25) is 0 Å². The third-order valence-electron chi connectivity index (χ3n) is 4.67. The van der Waals surface area contributed by atoms with Crippen molar-refractivity contribution in [3.63, 3.8) is 0 Å². The van der Waals surface area contributed by atoms with E-state index in [4.69, 9.17) is 0 Å². The Hall–Kier alpha value is -3.10. The molecular formula is C23H18O2. The Kier molecular flexibility index (Phi) is 3.75. The lowest BCUT2D eigenvalue weighted by Gasteiger charge is -2.31. The van der Waals surface area contributed by atoms with E-state index in [0.717, 1.165) is 27.5 Å². The van der Waals surface area contributed by atoms with E-state index in [2.05, 4.69) is 0 Å². The van der Waals surface area contributed by atoms with Crippen LogP contribution in [0.3, 0.4) is 0 Å². The van der Waals surface area contributed by atoms with Crippen molar-refractivity contribution in [2.24, 2.45) is 0 Å². The summed E-state index contributed by atoms with van der Waals surface area (Å²) >= 11 is 0. The van der Waals surface area contributed by atoms with Gasteiger partial charge < -0.3 is 10.2 Å². The van der Waals surface area contributed by atoms with Crippen molar-refractivity contribution in [2.75, 3.05) is 0 Å². The molecule has 4 aromatic rings. The van der Waals surface area contributed by atoms with Crippen LogP contribution in [0.5, 0.6) is 5.75 Å². The molecule has 0 spiro atoms. The van der Waals surface area contributed by atoms with Gasteiger partial charge in [0.2, 0.25) is 0 Å². The first kappa shape index (κ1) is 15.4. The number of aliphatic hydroxyl groups is 1. The van der Waals surface area contributed by atoms with Crippen LogP contribution in [-0.4, -0.2) is 10.2 Å². The molecule has 4 aromatic carbocycles. The van der Waals surface area contributed by atoms with Crippen molar-refractivity contribution < 1.29 is 10.2 Å². The molecule has 0 heterocycles. The predicted molar refractivity (Wildman–Crippen MR) is 101 cm³/mol. The van der Waals surface area contributed by atoms with E-state index in [0.29, 0.717) is 0 Å². The molecule has 0 aliphatic carbocycles. The first-order valence-electron chi connectivity index (χ1n) is 8.26. The number of hydrogen-bond acceptors (Lipinski definition) is 2. The van der Waals surface area contributed by atoms with Crippen molar-refractivity contribution in [2.45, 2.75) is 5.60 Å². The van der Waals surface area contributed by atoms with E-state index in [9.17, 15) is 10.2 Å². The summed E-state index contributed by atoms with van der Waals surface area (Å²) in [7, 11) is 0. The third-order valence-corrected chi connectivity index (χ3v) is 4.67. The maximum Gasteiger partial charge on any atom is 0.141 e. The highest BCUT2D eigenvalue weighted by Crippen LogP contribution is 2.41. The number of hydrogen-bond donors (Lipinski definition) is 2. The lowest BCUT2D eigenvalue weighted by molar-refractivity contribution is 0.127. The second kappa shape index (κ2) is 6.08. The Morgan fingerprint density at radius 2 is 1.00 bits per heavy atom. The fourth-order valence-electron chi connectivity index (χ4n) is 3.44. The molecule has 4 rings (SSSR count). The number of aromatic hydroxyl groups is 1. The smallest absolute Gasteiger partial charge is 0.141 e. The molecule has 0 amide bonds. The van der Waals surface area contributed by atoms with Gasteiger partial charge in [0.15, 0.2) is 0 Å². The van der Waals surface area contributed by atoms with Crippen molar-refractivity contribution in [1.82, 2.24) is 0 Å². The van der Waals surface area contributed by atoms with Gasteiger partial charge in [-0.05, 0) is 22.6 Å². The molecule has 0 bridgehead atoms. The van der Waals surface area contributed by atoms with Gasteiger partial charge in [0.25, 0.3) is 0 Å². The number of fused-ring (bicyclic) bond motifs is 1. The number of phenolic OH excluding ortho intramolecular Hbond substituents is 1. The third kappa shape index (κ3) is 2.48. The minimum absolute atomic E-state index is 0.211. The largest absolute Gasteiger partial charge is 0.507 e. The van der Waals surface area contributed by atoms with Crippen molar-refractivity contribution in [1.29, 1.82) is 0 Å². The summed E-state index contributed by atoms with van der Waals surface area (Å²) in [6, 6.07) is 30.3. The molecule has 0 aliphatic heterocycles. The Morgan fingerprint density at radius 3 is 1.56 bits per heavy atom. The Balaban J connectivity index is 2.09. The van der Waals surface area contributed by atoms with Crippen LogP contribution in [0.2, 0.25) is 0 Å². The summed E-state index contributed by atoms with van der Waals surface area (Å²) < 4.78 is 0. The van der Waals surface area contributed by atoms with Gasteiger partial charge in [-0.15, -0.1) is 0 Å². The predicted octanol–water partition coefficient (Wildman–Crippen LogP) is 4.83. The molecule has 0 aliphatic rings. The zero-order valence-electron chi connectivity index (χ0n) is 13.6. The van der Waals surface area contributed by atoms with Crippen LogP contribution in [0.4, 0.5) is 0 Å². The van der Waals surface area contributed by atoms with Gasteiger partial charge in [0.05, 0.1) is 0 Å². The number of rotatable bonds is 3. The topological polar surface area (TPSA) is 40.5 Å². The quantitative estimate of drug-likeness (QED) is 0.529.